The maximum Gasteiger partial charge on any atom is 0.471 e. The molecule has 1 fully saturated rings. The molecule has 1 atom stereocenters. The zero-order valence-corrected chi connectivity index (χ0v) is 16.0. The van der Waals surface area contributed by atoms with Gasteiger partial charge in [0.2, 0.25) is 21.7 Å². The van der Waals surface area contributed by atoms with E-state index < -0.39 is 28.2 Å². The minimum absolute atomic E-state index is 0.103. The van der Waals surface area contributed by atoms with E-state index >= 15 is 0 Å². The van der Waals surface area contributed by atoms with E-state index in [4.69, 9.17) is 4.74 Å². The summed E-state index contributed by atoms with van der Waals surface area (Å²) in [5.74, 6) is -1.50. The van der Waals surface area contributed by atoms with Gasteiger partial charge < -0.3 is 9.26 Å². The lowest BCUT2D eigenvalue weighted by molar-refractivity contribution is -0.159. The molecule has 3 aromatic heterocycles. The van der Waals surface area contributed by atoms with Crippen molar-refractivity contribution in [2.24, 2.45) is 0 Å². The van der Waals surface area contributed by atoms with Gasteiger partial charge in [0, 0.05) is 36.8 Å². The van der Waals surface area contributed by atoms with Gasteiger partial charge in [-0.1, -0.05) is 5.16 Å². The summed E-state index contributed by atoms with van der Waals surface area (Å²) in [6.45, 7) is 0.420. The molecule has 1 unspecified atom stereocenters. The second kappa shape index (κ2) is 7.65. The highest BCUT2D eigenvalue weighted by atomic mass is 32.2. The Morgan fingerprint density at radius 1 is 1.20 bits per heavy atom. The average molecular weight is 441 g/mol. The summed E-state index contributed by atoms with van der Waals surface area (Å²) < 4.78 is 74.1. The molecule has 9 nitrogen and oxygen atoms in total. The monoisotopic (exact) mass is 441 g/mol. The molecule has 1 aliphatic rings. The van der Waals surface area contributed by atoms with E-state index in [0.717, 1.165) is 0 Å². The summed E-state index contributed by atoms with van der Waals surface area (Å²) >= 11 is 0. The maximum absolute atomic E-state index is 12.6. The molecular weight excluding hydrogens is 427 g/mol. The highest BCUT2D eigenvalue weighted by Gasteiger charge is 2.38. The van der Waals surface area contributed by atoms with E-state index in [1.54, 1.807) is 6.07 Å². The first-order valence-corrected chi connectivity index (χ1v) is 10.1. The lowest BCUT2D eigenvalue weighted by atomic mass is 10.2. The van der Waals surface area contributed by atoms with Crippen LogP contribution in [0.1, 0.15) is 12.3 Å². The van der Waals surface area contributed by atoms with Crippen molar-refractivity contribution in [3.8, 4) is 17.3 Å². The van der Waals surface area contributed by atoms with Crippen LogP contribution in [-0.2, 0) is 16.2 Å². The van der Waals surface area contributed by atoms with Gasteiger partial charge in [0.15, 0.2) is 0 Å². The predicted molar refractivity (Wildman–Crippen MR) is 94.6 cm³/mol. The Morgan fingerprint density at radius 3 is 2.67 bits per heavy atom. The lowest BCUT2D eigenvalue weighted by Crippen LogP contribution is -2.31. The molecule has 0 aliphatic carbocycles. The average Bonchev–Trinajstić information content (AvgIpc) is 3.39. The van der Waals surface area contributed by atoms with E-state index in [1.807, 2.05) is 0 Å². The predicted octanol–water partition coefficient (Wildman–Crippen LogP) is 2.39. The summed E-state index contributed by atoms with van der Waals surface area (Å²) in [7, 11) is -3.66. The third-order valence-corrected chi connectivity index (χ3v) is 6.18. The van der Waals surface area contributed by atoms with Gasteiger partial charge in [-0.25, -0.2) is 13.4 Å². The molecule has 158 valence electrons. The minimum Gasteiger partial charge on any atom is -0.473 e. The summed E-state index contributed by atoms with van der Waals surface area (Å²) in [6, 6.07) is 5.90. The number of sulfonamides is 1. The van der Waals surface area contributed by atoms with E-state index in [-0.39, 0.29) is 35.3 Å². The van der Waals surface area contributed by atoms with Crippen LogP contribution in [0.4, 0.5) is 13.2 Å². The molecule has 3 aromatic rings. The molecule has 4 heterocycles. The second-order valence-corrected chi connectivity index (χ2v) is 8.32. The molecule has 4 rings (SSSR count). The van der Waals surface area contributed by atoms with Crippen LogP contribution < -0.4 is 4.74 Å². The Hall–Kier alpha value is -3.06. The maximum atomic E-state index is 12.6. The van der Waals surface area contributed by atoms with Crippen LogP contribution in [-0.4, -0.2) is 52.0 Å². The normalized spacial score (nSPS) is 17.9. The third-order valence-electron chi connectivity index (χ3n) is 4.33. The van der Waals surface area contributed by atoms with Crippen LogP contribution in [0.25, 0.3) is 11.4 Å². The van der Waals surface area contributed by atoms with E-state index in [1.165, 1.54) is 41.1 Å². The Kier molecular flexibility index (Phi) is 5.15. The topological polar surface area (TPSA) is 111 Å². The van der Waals surface area contributed by atoms with Crippen molar-refractivity contribution in [3.05, 3.63) is 48.7 Å². The lowest BCUT2D eigenvalue weighted by Gasteiger charge is -2.16. The zero-order chi connectivity index (χ0) is 21.4. The molecule has 0 radical (unpaired) electrons. The molecule has 1 aliphatic heterocycles. The molecular formula is C17H14F3N5O4S. The first-order valence-electron chi connectivity index (χ1n) is 8.67. The largest absolute Gasteiger partial charge is 0.473 e. The molecule has 0 amide bonds. The second-order valence-electron chi connectivity index (χ2n) is 6.39. The fraction of sp³-hybridized carbons (Fsp3) is 0.294. The Labute approximate surface area is 168 Å². The molecule has 0 N–H and O–H groups in total. The van der Waals surface area contributed by atoms with E-state index in [9.17, 15) is 21.6 Å². The SMILES string of the molecule is O=S(=O)(c1cccnc1)N1CCC(Oc2ccc(-c3noc(C(F)(F)F)n3)cn2)C1. The number of halogens is 3. The van der Waals surface area contributed by atoms with Gasteiger partial charge in [0.05, 0.1) is 6.54 Å². The van der Waals surface area contributed by atoms with Gasteiger partial charge in [-0.3, -0.25) is 4.98 Å². The fourth-order valence-corrected chi connectivity index (χ4v) is 4.32. The van der Waals surface area contributed by atoms with Crippen molar-refractivity contribution in [2.75, 3.05) is 13.1 Å². The van der Waals surface area contributed by atoms with Gasteiger partial charge in [-0.2, -0.15) is 22.5 Å². The first-order chi connectivity index (χ1) is 14.2. The summed E-state index contributed by atoms with van der Waals surface area (Å²) in [5, 5.41) is 3.29. The smallest absolute Gasteiger partial charge is 0.471 e. The first kappa shape index (κ1) is 20.2. The van der Waals surface area contributed by atoms with Crippen LogP contribution in [0.3, 0.4) is 0 Å². The van der Waals surface area contributed by atoms with Crippen molar-refractivity contribution in [1.82, 2.24) is 24.4 Å². The van der Waals surface area contributed by atoms with Crippen molar-refractivity contribution in [2.45, 2.75) is 23.6 Å². The quantitative estimate of drug-likeness (QED) is 0.593. The molecule has 1 saturated heterocycles. The van der Waals surface area contributed by atoms with Crippen molar-refractivity contribution in [3.63, 3.8) is 0 Å². The van der Waals surface area contributed by atoms with Gasteiger partial charge in [0.25, 0.3) is 0 Å². The molecule has 13 heteroatoms. The number of hydrogen-bond donors (Lipinski definition) is 0. The zero-order valence-electron chi connectivity index (χ0n) is 15.2. The fourth-order valence-electron chi connectivity index (χ4n) is 2.87. The number of ether oxygens (including phenoxy) is 1. The van der Waals surface area contributed by atoms with Crippen LogP contribution in [0.2, 0.25) is 0 Å². The molecule has 0 spiro atoms. The van der Waals surface area contributed by atoms with Gasteiger partial charge in [-0.15, -0.1) is 0 Å². The van der Waals surface area contributed by atoms with Crippen molar-refractivity contribution in [1.29, 1.82) is 0 Å². The highest BCUT2D eigenvalue weighted by Crippen LogP contribution is 2.29. The Bertz CT molecular complexity index is 1120. The number of rotatable bonds is 5. The minimum atomic E-state index is -4.73. The van der Waals surface area contributed by atoms with Crippen molar-refractivity contribution >= 4 is 10.0 Å². The standard InChI is InChI=1S/C17H14F3N5O4S/c18-17(19,20)16-23-15(24-29-16)11-3-4-14(22-8-11)28-12-5-7-25(10-12)30(26,27)13-2-1-6-21-9-13/h1-4,6,8-9,12H,5,7,10H2. The Morgan fingerprint density at radius 2 is 2.03 bits per heavy atom. The molecule has 0 bridgehead atoms. The van der Waals surface area contributed by atoms with Gasteiger partial charge in [0.1, 0.15) is 11.0 Å². The van der Waals surface area contributed by atoms with Gasteiger partial charge >= 0.3 is 12.1 Å². The van der Waals surface area contributed by atoms with Crippen LogP contribution in [0.15, 0.2) is 52.3 Å². The van der Waals surface area contributed by atoms with Crippen LogP contribution in [0, 0.1) is 0 Å². The third kappa shape index (κ3) is 4.11. The van der Waals surface area contributed by atoms with E-state index in [0.29, 0.717) is 6.42 Å². The molecule has 30 heavy (non-hydrogen) atoms. The number of hydrogen-bond acceptors (Lipinski definition) is 8. The molecule has 0 aromatic carbocycles. The number of pyridine rings is 2. The van der Waals surface area contributed by atoms with E-state index in [2.05, 4.69) is 24.6 Å². The van der Waals surface area contributed by atoms with Crippen molar-refractivity contribution < 1.29 is 30.8 Å². The number of alkyl halides is 3. The Balaban J connectivity index is 1.40. The summed E-state index contributed by atoms with van der Waals surface area (Å²) in [4.78, 5) is 11.3. The number of nitrogens with zero attached hydrogens (tertiary/aromatic N) is 5. The van der Waals surface area contributed by atoms with Crippen LogP contribution >= 0.6 is 0 Å². The summed E-state index contributed by atoms with van der Waals surface area (Å²) in [5.41, 5.74) is 0.216. The summed E-state index contributed by atoms with van der Waals surface area (Å²) in [6.07, 6.45) is -0.667. The van der Waals surface area contributed by atoms with Gasteiger partial charge in [-0.05, 0) is 24.6 Å². The highest BCUT2D eigenvalue weighted by molar-refractivity contribution is 7.89. The van der Waals surface area contributed by atoms with Crippen LogP contribution in [0.5, 0.6) is 5.88 Å². The number of aromatic nitrogens is 4. The molecule has 0 saturated carbocycles.